The molecule has 0 fully saturated rings. The summed E-state index contributed by atoms with van der Waals surface area (Å²) < 4.78 is 2.04. The maximum atomic E-state index is 11.1. The van der Waals surface area contributed by atoms with Gasteiger partial charge in [0, 0.05) is 29.9 Å². The summed E-state index contributed by atoms with van der Waals surface area (Å²) in [4.78, 5) is 15.6. The normalized spacial score (nSPS) is 17.8. The lowest BCUT2D eigenvalue weighted by Crippen LogP contribution is -2.27. The third-order valence-corrected chi connectivity index (χ3v) is 4.01. The van der Waals surface area contributed by atoms with Crippen molar-refractivity contribution in [1.29, 1.82) is 0 Å². The van der Waals surface area contributed by atoms with Gasteiger partial charge in [0.05, 0.1) is 5.92 Å². The SMILES string of the molecule is O=C(O)C1CCc2cnc(Cc3cccc(Cl)c3)n2C1. The largest absolute Gasteiger partial charge is 0.481 e. The molecule has 0 saturated carbocycles. The van der Waals surface area contributed by atoms with Crippen molar-refractivity contribution in [1.82, 2.24) is 9.55 Å². The van der Waals surface area contributed by atoms with Crippen molar-refractivity contribution < 1.29 is 9.90 Å². The predicted octanol–water partition coefficient (Wildman–Crippen LogP) is 2.77. The summed E-state index contributed by atoms with van der Waals surface area (Å²) in [5.41, 5.74) is 2.21. The number of aryl methyl sites for hydroxylation is 1. The molecule has 5 heteroatoms. The minimum absolute atomic E-state index is 0.310. The van der Waals surface area contributed by atoms with E-state index in [1.807, 2.05) is 35.0 Å². The van der Waals surface area contributed by atoms with Crippen LogP contribution in [-0.4, -0.2) is 20.6 Å². The van der Waals surface area contributed by atoms with Gasteiger partial charge in [0.1, 0.15) is 5.82 Å². The first-order valence-corrected chi connectivity index (χ1v) is 7.02. The van der Waals surface area contributed by atoms with Crippen LogP contribution < -0.4 is 0 Å². The summed E-state index contributed by atoms with van der Waals surface area (Å²) in [7, 11) is 0. The molecule has 1 atom stereocenters. The Morgan fingerprint density at radius 1 is 1.50 bits per heavy atom. The van der Waals surface area contributed by atoms with Gasteiger partial charge in [0.2, 0.25) is 0 Å². The van der Waals surface area contributed by atoms with E-state index in [0.717, 1.165) is 23.5 Å². The molecule has 1 aromatic heterocycles. The minimum Gasteiger partial charge on any atom is -0.481 e. The van der Waals surface area contributed by atoms with Crippen molar-refractivity contribution >= 4 is 17.6 Å². The van der Waals surface area contributed by atoms with Gasteiger partial charge >= 0.3 is 5.97 Å². The van der Waals surface area contributed by atoms with E-state index in [4.69, 9.17) is 16.7 Å². The highest BCUT2D eigenvalue weighted by Gasteiger charge is 2.26. The zero-order valence-electron chi connectivity index (χ0n) is 10.9. The molecule has 1 aliphatic rings. The Morgan fingerprint density at radius 3 is 3.10 bits per heavy atom. The minimum atomic E-state index is -0.724. The van der Waals surface area contributed by atoms with Crippen molar-refractivity contribution in [3.8, 4) is 0 Å². The second kappa shape index (κ2) is 5.29. The Labute approximate surface area is 122 Å². The van der Waals surface area contributed by atoms with Gasteiger partial charge in [-0.3, -0.25) is 4.79 Å². The number of carboxylic acid groups (broad SMARTS) is 1. The number of hydrogen-bond acceptors (Lipinski definition) is 2. The lowest BCUT2D eigenvalue weighted by atomic mass is 9.98. The molecular formula is C15H15ClN2O2. The van der Waals surface area contributed by atoms with E-state index in [1.165, 1.54) is 0 Å². The number of fused-ring (bicyclic) bond motifs is 1. The zero-order valence-corrected chi connectivity index (χ0v) is 11.7. The van der Waals surface area contributed by atoms with Crippen LogP contribution >= 0.6 is 11.6 Å². The number of carboxylic acids is 1. The van der Waals surface area contributed by atoms with Crippen molar-refractivity contribution in [2.45, 2.75) is 25.8 Å². The molecule has 1 unspecified atom stereocenters. The van der Waals surface area contributed by atoms with Gasteiger partial charge in [-0.25, -0.2) is 4.98 Å². The molecule has 0 spiro atoms. The predicted molar refractivity (Wildman–Crippen MR) is 75.9 cm³/mol. The Morgan fingerprint density at radius 2 is 2.35 bits per heavy atom. The van der Waals surface area contributed by atoms with Gasteiger partial charge < -0.3 is 9.67 Å². The van der Waals surface area contributed by atoms with Crippen molar-refractivity contribution in [2.24, 2.45) is 5.92 Å². The Balaban J connectivity index is 1.86. The van der Waals surface area contributed by atoms with E-state index < -0.39 is 5.97 Å². The van der Waals surface area contributed by atoms with Gasteiger partial charge in [0.15, 0.2) is 0 Å². The molecular weight excluding hydrogens is 276 g/mol. The fraction of sp³-hybridized carbons (Fsp3) is 0.333. The van der Waals surface area contributed by atoms with Gasteiger partial charge in [-0.2, -0.15) is 0 Å². The number of rotatable bonds is 3. The highest BCUT2D eigenvalue weighted by Crippen LogP contribution is 2.23. The summed E-state index contributed by atoms with van der Waals surface area (Å²) in [5.74, 6) is -0.124. The van der Waals surface area contributed by atoms with Crippen LogP contribution in [0.4, 0.5) is 0 Å². The average Bonchev–Trinajstić information content (AvgIpc) is 2.81. The number of benzene rings is 1. The third kappa shape index (κ3) is 2.56. The smallest absolute Gasteiger partial charge is 0.308 e. The molecule has 4 nitrogen and oxygen atoms in total. The molecule has 1 aromatic carbocycles. The van der Waals surface area contributed by atoms with Crippen LogP contribution in [0.15, 0.2) is 30.5 Å². The quantitative estimate of drug-likeness (QED) is 0.946. The summed E-state index contributed by atoms with van der Waals surface area (Å²) in [6, 6.07) is 7.68. The number of carbonyl (C=O) groups is 1. The maximum absolute atomic E-state index is 11.1. The molecule has 0 radical (unpaired) electrons. The van der Waals surface area contributed by atoms with E-state index in [-0.39, 0.29) is 5.92 Å². The molecule has 0 aliphatic carbocycles. The second-order valence-electron chi connectivity index (χ2n) is 5.16. The van der Waals surface area contributed by atoms with Crippen LogP contribution in [0.1, 0.15) is 23.5 Å². The van der Waals surface area contributed by atoms with E-state index in [9.17, 15) is 4.79 Å². The summed E-state index contributed by atoms with van der Waals surface area (Å²) >= 11 is 5.99. The van der Waals surface area contributed by atoms with E-state index in [1.54, 1.807) is 0 Å². The van der Waals surface area contributed by atoms with Gasteiger partial charge in [-0.15, -0.1) is 0 Å². The highest BCUT2D eigenvalue weighted by atomic mass is 35.5. The highest BCUT2D eigenvalue weighted by molar-refractivity contribution is 6.30. The third-order valence-electron chi connectivity index (χ3n) is 3.77. The summed E-state index contributed by atoms with van der Waals surface area (Å²) in [6.07, 6.45) is 4.00. The number of aliphatic carboxylic acids is 1. The van der Waals surface area contributed by atoms with Crippen LogP contribution in [0.5, 0.6) is 0 Å². The molecule has 2 aromatic rings. The fourth-order valence-corrected chi connectivity index (χ4v) is 2.90. The number of halogens is 1. The first-order chi connectivity index (χ1) is 9.63. The number of nitrogens with zero attached hydrogens (tertiary/aromatic N) is 2. The van der Waals surface area contributed by atoms with Crippen LogP contribution in [0, 0.1) is 5.92 Å². The molecule has 0 amide bonds. The van der Waals surface area contributed by atoms with Crippen LogP contribution in [0.25, 0.3) is 0 Å². The van der Waals surface area contributed by atoms with Crippen LogP contribution in [-0.2, 0) is 24.2 Å². The lowest BCUT2D eigenvalue weighted by molar-refractivity contribution is -0.142. The average molecular weight is 291 g/mol. The Kier molecular flexibility index (Phi) is 3.49. The monoisotopic (exact) mass is 290 g/mol. The molecule has 1 aliphatic heterocycles. The molecule has 2 heterocycles. The van der Waals surface area contributed by atoms with Gasteiger partial charge in [-0.05, 0) is 30.5 Å². The Bertz CT molecular complexity index is 651. The molecule has 0 bridgehead atoms. The number of hydrogen-bond donors (Lipinski definition) is 1. The topological polar surface area (TPSA) is 55.1 Å². The van der Waals surface area contributed by atoms with E-state index in [2.05, 4.69) is 4.98 Å². The number of imidazole rings is 1. The van der Waals surface area contributed by atoms with Crippen molar-refractivity contribution in [3.63, 3.8) is 0 Å². The van der Waals surface area contributed by atoms with Crippen molar-refractivity contribution in [2.75, 3.05) is 0 Å². The first kappa shape index (κ1) is 13.2. The van der Waals surface area contributed by atoms with Crippen LogP contribution in [0.2, 0.25) is 5.02 Å². The molecule has 3 rings (SSSR count). The molecule has 104 valence electrons. The first-order valence-electron chi connectivity index (χ1n) is 6.64. The molecule has 20 heavy (non-hydrogen) atoms. The number of aromatic nitrogens is 2. The van der Waals surface area contributed by atoms with Gasteiger partial charge in [0.25, 0.3) is 0 Å². The van der Waals surface area contributed by atoms with Crippen molar-refractivity contribution in [3.05, 3.63) is 52.6 Å². The van der Waals surface area contributed by atoms with Gasteiger partial charge in [-0.1, -0.05) is 23.7 Å². The second-order valence-corrected chi connectivity index (χ2v) is 5.59. The van der Waals surface area contributed by atoms with E-state index >= 15 is 0 Å². The lowest BCUT2D eigenvalue weighted by Gasteiger charge is -2.22. The fourth-order valence-electron chi connectivity index (χ4n) is 2.68. The summed E-state index contributed by atoms with van der Waals surface area (Å²) in [5, 5.41) is 9.87. The Hall–Kier alpha value is -1.81. The molecule has 1 N–H and O–H groups in total. The summed E-state index contributed by atoms with van der Waals surface area (Å²) in [6.45, 7) is 0.514. The zero-order chi connectivity index (χ0) is 14.1. The van der Waals surface area contributed by atoms with Crippen LogP contribution in [0.3, 0.4) is 0 Å². The maximum Gasteiger partial charge on any atom is 0.308 e. The standard InChI is InChI=1S/C15H15ClN2O2/c16-12-3-1-2-10(6-12)7-14-17-8-13-5-4-11(15(19)20)9-18(13)14/h1-3,6,8,11H,4-5,7,9H2,(H,19,20). The molecule has 0 saturated heterocycles. The van der Waals surface area contributed by atoms with E-state index in [0.29, 0.717) is 24.4 Å².